The number of carbonyl (C=O) groups is 1. The van der Waals surface area contributed by atoms with Crippen molar-refractivity contribution in [3.8, 4) is 0 Å². The molecule has 4 nitrogen and oxygen atoms in total. The second-order valence-corrected chi connectivity index (χ2v) is 8.36. The Morgan fingerprint density at radius 1 is 1.29 bits per heavy atom. The first-order chi connectivity index (χ1) is 11.5. The number of hydrogen-bond acceptors (Lipinski definition) is 3. The topological polar surface area (TPSA) is 44.4 Å². The molecule has 130 valence electrons. The zero-order chi connectivity index (χ0) is 16.9. The first-order valence-electron chi connectivity index (χ1n) is 8.70. The molecule has 6 heteroatoms. The summed E-state index contributed by atoms with van der Waals surface area (Å²) in [6, 6.07) is 3.79. The number of carbonyl (C=O) groups excluding carboxylic acids is 1. The summed E-state index contributed by atoms with van der Waals surface area (Å²) >= 11 is 12.2. The quantitative estimate of drug-likeness (QED) is 0.858. The highest BCUT2D eigenvalue weighted by atomic mass is 35.5. The predicted octanol–water partition coefficient (Wildman–Crippen LogP) is 3.16. The molecule has 1 aromatic rings. The predicted molar refractivity (Wildman–Crippen MR) is 96.0 cm³/mol. The molecule has 3 aliphatic rings. The van der Waals surface area contributed by atoms with Crippen LogP contribution in [0, 0.1) is 11.8 Å². The van der Waals surface area contributed by atoms with Crippen LogP contribution in [0.25, 0.3) is 0 Å². The largest absolute Gasteiger partial charge is 0.334 e. The summed E-state index contributed by atoms with van der Waals surface area (Å²) < 4.78 is 0. The maximum atomic E-state index is 13.0. The molecule has 1 saturated heterocycles. The van der Waals surface area contributed by atoms with Crippen LogP contribution in [-0.2, 0) is 17.9 Å². The number of hydrogen-bond donors (Lipinski definition) is 2. The van der Waals surface area contributed by atoms with Crippen molar-refractivity contribution in [2.75, 3.05) is 13.2 Å². The van der Waals surface area contributed by atoms with Gasteiger partial charge in [-0.3, -0.25) is 10.1 Å². The van der Waals surface area contributed by atoms with Gasteiger partial charge in [0.15, 0.2) is 0 Å². The summed E-state index contributed by atoms with van der Waals surface area (Å²) in [7, 11) is 0. The van der Waals surface area contributed by atoms with Gasteiger partial charge in [-0.2, -0.15) is 0 Å². The van der Waals surface area contributed by atoms with Gasteiger partial charge in [0, 0.05) is 37.8 Å². The number of amides is 1. The second kappa shape index (κ2) is 6.17. The van der Waals surface area contributed by atoms with Crippen molar-refractivity contribution in [3.05, 3.63) is 33.3 Å². The van der Waals surface area contributed by atoms with Gasteiger partial charge >= 0.3 is 0 Å². The van der Waals surface area contributed by atoms with Gasteiger partial charge in [-0.15, -0.1) is 0 Å². The smallest absolute Gasteiger partial charge is 0.226 e. The molecule has 1 saturated carbocycles. The number of benzene rings is 1. The molecule has 0 bridgehead atoms. The van der Waals surface area contributed by atoms with Gasteiger partial charge in [-0.1, -0.05) is 30.1 Å². The highest BCUT2D eigenvalue weighted by Crippen LogP contribution is 2.44. The van der Waals surface area contributed by atoms with Crippen molar-refractivity contribution >= 4 is 29.1 Å². The van der Waals surface area contributed by atoms with Crippen molar-refractivity contribution in [2.24, 2.45) is 11.8 Å². The molecular weight excluding hydrogens is 345 g/mol. The van der Waals surface area contributed by atoms with Crippen molar-refractivity contribution in [2.45, 2.75) is 44.8 Å². The van der Waals surface area contributed by atoms with Gasteiger partial charge in [0.2, 0.25) is 5.91 Å². The third-order valence-corrected chi connectivity index (χ3v) is 6.46. The van der Waals surface area contributed by atoms with Crippen LogP contribution in [0.4, 0.5) is 0 Å². The molecule has 2 aliphatic heterocycles. The summed E-state index contributed by atoms with van der Waals surface area (Å²) in [4.78, 5) is 14.9. The molecule has 0 radical (unpaired) electrons. The summed E-state index contributed by atoms with van der Waals surface area (Å²) in [5.74, 6) is 0.960. The highest BCUT2D eigenvalue weighted by Gasteiger charge is 2.48. The van der Waals surface area contributed by atoms with E-state index in [-0.39, 0.29) is 17.4 Å². The van der Waals surface area contributed by atoms with Crippen molar-refractivity contribution < 1.29 is 4.79 Å². The fourth-order valence-corrected chi connectivity index (χ4v) is 4.69. The molecule has 1 aromatic carbocycles. The normalized spacial score (nSPS) is 27.4. The maximum Gasteiger partial charge on any atom is 0.226 e. The molecule has 1 amide bonds. The monoisotopic (exact) mass is 367 g/mol. The van der Waals surface area contributed by atoms with E-state index in [1.165, 1.54) is 12.8 Å². The lowest BCUT2D eigenvalue weighted by molar-refractivity contribution is -0.136. The standard InChI is InChI=1S/C18H23Cl2N3O/c1-11(6-18(14-2-3-14)9-21-10-22-18)17(24)23-7-12-4-15(19)16(20)5-13(12)8-23/h4-5,11,14,21-22H,2-3,6-10H2,1H3. The Hall–Kier alpha value is -0.810. The SMILES string of the molecule is CC(CC1(C2CC2)CNCN1)C(=O)N1Cc2cc(Cl)c(Cl)cc2C1. The minimum absolute atomic E-state index is 0.0123. The van der Waals surface area contributed by atoms with Gasteiger partial charge in [-0.25, -0.2) is 0 Å². The molecule has 2 N–H and O–H groups in total. The molecule has 1 aliphatic carbocycles. The van der Waals surface area contributed by atoms with Crippen molar-refractivity contribution in [1.29, 1.82) is 0 Å². The Labute approximate surface area is 152 Å². The van der Waals surface area contributed by atoms with E-state index in [2.05, 4.69) is 17.6 Å². The number of nitrogens with one attached hydrogen (secondary N) is 2. The lowest BCUT2D eigenvalue weighted by Gasteiger charge is -2.32. The summed E-state index contributed by atoms with van der Waals surface area (Å²) in [6.07, 6.45) is 3.46. The summed E-state index contributed by atoms with van der Waals surface area (Å²) in [5, 5.41) is 8.16. The fourth-order valence-electron chi connectivity index (χ4n) is 4.31. The zero-order valence-electron chi connectivity index (χ0n) is 13.9. The van der Waals surface area contributed by atoms with Crippen LogP contribution in [-0.4, -0.2) is 29.6 Å². The van der Waals surface area contributed by atoms with E-state index in [0.29, 0.717) is 23.1 Å². The van der Waals surface area contributed by atoms with Gasteiger partial charge < -0.3 is 10.2 Å². The average Bonchev–Trinajstić information content (AvgIpc) is 3.19. The van der Waals surface area contributed by atoms with Crippen LogP contribution in [0.2, 0.25) is 10.0 Å². The van der Waals surface area contributed by atoms with Crippen LogP contribution in [0.5, 0.6) is 0 Å². The van der Waals surface area contributed by atoms with Crippen LogP contribution in [0.1, 0.15) is 37.3 Å². The van der Waals surface area contributed by atoms with Crippen LogP contribution in [0.15, 0.2) is 12.1 Å². The molecule has 2 atom stereocenters. The number of halogens is 2. The third-order valence-electron chi connectivity index (χ3n) is 5.73. The Bertz CT molecular complexity index is 637. The molecule has 4 rings (SSSR count). The minimum Gasteiger partial charge on any atom is -0.334 e. The van der Waals surface area contributed by atoms with Gasteiger partial charge in [0.25, 0.3) is 0 Å². The van der Waals surface area contributed by atoms with E-state index in [9.17, 15) is 4.79 Å². The highest BCUT2D eigenvalue weighted by molar-refractivity contribution is 6.42. The van der Waals surface area contributed by atoms with Gasteiger partial charge in [-0.05, 0) is 48.4 Å². The summed E-state index contributed by atoms with van der Waals surface area (Å²) in [6.45, 7) is 5.16. The zero-order valence-corrected chi connectivity index (χ0v) is 15.4. The van der Waals surface area contributed by atoms with Crippen molar-refractivity contribution in [1.82, 2.24) is 15.5 Å². The lowest BCUT2D eigenvalue weighted by Crippen LogP contribution is -2.48. The molecule has 2 heterocycles. The third kappa shape index (κ3) is 2.94. The summed E-state index contributed by atoms with van der Waals surface area (Å²) in [5.41, 5.74) is 2.33. The lowest BCUT2D eigenvalue weighted by atomic mass is 9.84. The fraction of sp³-hybridized carbons (Fsp3) is 0.611. The van der Waals surface area contributed by atoms with Crippen LogP contribution >= 0.6 is 23.2 Å². The first kappa shape index (κ1) is 16.6. The Morgan fingerprint density at radius 2 is 1.92 bits per heavy atom. The van der Waals surface area contributed by atoms with Gasteiger partial charge in [0.05, 0.1) is 10.0 Å². The van der Waals surface area contributed by atoms with E-state index in [1.807, 2.05) is 17.0 Å². The number of rotatable bonds is 4. The molecule has 0 aromatic heterocycles. The van der Waals surface area contributed by atoms with E-state index >= 15 is 0 Å². The Kier molecular flexibility index (Phi) is 4.28. The van der Waals surface area contributed by atoms with E-state index in [4.69, 9.17) is 23.2 Å². The van der Waals surface area contributed by atoms with E-state index < -0.39 is 0 Å². The molecule has 2 fully saturated rings. The Morgan fingerprint density at radius 3 is 2.42 bits per heavy atom. The molecule has 0 spiro atoms. The van der Waals surface area contributed by atoms with E-state index in [0.717, 1.165) is 36.7 Å². The molecular formula is C18H23Cl2N3O. The van der Waals surface area contributed by atoms with E-state index in [1.54, 1.807) is 0 Å². The molecule has 24 heavy (non-hydrogen) atoms. The first-order valence-corrected chi connectivity index (χ1v) is 9.45. The maximum absolute atomic E-state index is 13.0. The van der Waals surface area contributed by atoms with Crippen molar-refractivity contribution in [3.63, 3.8) is 0 Å². The number of fused-ring (bicyclic) bond motifs is 1. The second-order valence-electron chi connectivity index (χ2n) is 7.55. The van der Waals surface area contributed by atoms with Gasteiger partial charge in [0.1, 0.15) is 0 Å². The van der Waals surface area contributed by atoms with Crippen LogP contribution < -0.4 is 10.6 Å². The average molecular weight is 368 g/mol. The minimum atomic E-state index is 0.0123. The number of nitrogens with zero attached hydrogens (tertiary/aromatic N) is 1. The molecule has 2 unspecified atom stereocenters. The Balaban J connectivity index is 1.44. The van der Waals surface area contributed by atoms with Crippen LogP contribution in [0.3, 0.4) is 0 Å².